The molecule has 3 rings (SSSR count). The summed E-state index contributed by atoms with van der Waals surface area (Å²) in [5.74, 6) is -0.181. The Hall–Kier alpha value is -3.08. The minimum absolute atomic E-state index is 0.181. The number of hydrogen-bond donors (Lipinski definition) is 2. The summed E-state index contributed by atoms with van der Waals surface area (Å²) in [5.41, 5.74) is 10.6. The van der Waals surface area contributed by atoms with Gasteiger partial charge in [-0.3, -0.25) is 4.79 Å². The van der Waals surface area contributed by atoms with E-state index in [9.17, 15) is 4.79 Å². The molecule has 0 aliphatic rings. The molecule has 0 saturated heterocycles. The van der Waals surface area contributed by atoms with Crippen molar-refractivity contribution in [3.05, 3.63) is 71.8 Å². The maximum atomic E-state index is 12.2. The minimum Gasteiger partial charge on any atom is -0.399 e. The number of aromatic nitrogens is 2. The molecule has 0 saturated carbocycles. The van der Waals surface area contributed by atoms with Crippen LogP contribution in [0, 0.1) is 13.8 Å². The van der Waals surface area contributed by atoms with E-state index in [1.807, 2.05) is 42.7 Å². The minimum atomic E-state index is -0.181. The van der Waals surface area contributed by atoms with Crippen LogP contribution in [0.25, 0.3) is 5.69 Å². The van der Waals surface area contributed by atoms with Crippen molar-refractivity contribution in [2.45, 2.75) is 13.8 Å². The lowest BCUT2D eigenvalue weighted by Gasteiger charge is -2.09. The molecule has 0 radical (unpaired) electrons. The molecule has 0 aliphatic carbocycles. The van der Waals surface area contributed by atoms with Crippen LogP contribution in [0.5, 0.6) is 0 Å². The molecular formula is C18H18N4O. The number of amides is 1. The Morgan fingerprint density at radius 1 is 1.13 bits per heavy atom. The zero-order valence-electron chi connectivity index (χ0n) is 13.1. The molecule has 23 heavy (non-hydrogen) atoms. The molecule has 0 aliphatic heterocycles. The second-order valence-corrected chi connectivity index (χ2v) is 5.41. The lowest BCUT2D eigenvalue weighted by atomic mass is 10.2. The standard InChI is InChI=1S/C18H18N4O/c1-12-13(2)22(11-20-12)17-8-6-16(7-9-17)21-18(23)14-4-3-5-15(19)10-14/h3-11H,19H2,1-2H3,(H,21,23). The summed E-state index contributed by atoms with van der Waals surface area (Å²) in [7, 11) is 0. The largest absolute Gasteiger partial charge is 0.399 e. The summed E-state index contributed by atoms with van der Waals surface area (Å²) in [5, 5.41) is 2.86. The summed E-state index contributed by atoms with van der Waals surface area (Å²) in [6.45, 7) is 4.00. The topological polar surface area (TPSA) is 72.9 Å². The van der Waals surface area contributed by atoms with Crippen LogP contribution in [0.1, 0.15) is 21.7 Å². The SMILES string of the molecule is Cc1ncn(-c2ccc(NC(=O)c3cccc(N)c3)cc2)c1C. The van der Waals surface area contributed by atoms with Gasteiger partial charge in [0.1, 0.15) is 0 Å². The zero-order valence-corrected chi connectivity index (χ0v) is 13.1. The van der Waals surface area contributed by atoms with Crippen LogP contribution in [0.15, 0.2) is 54.9 Å². The molecule has 116 valence electrons. The molecule has 0 fully saturated rings. The van der Waals surface area contributed by atoms with Crippen LogP contribution in [-0.2, 0) is 0 Å². The molecule has 5 heteroatoms. The van der Waals surface area contributed by atoms with Crippen molar-refractivity contribution < 1.29 is 4.79 Å². The number of carbonyl (C=O) groups is 1. The summed E-state index contributed by atoms with van der Waals surface area (Å²) in [6, 6.07) is 14.5. The van der Waals surface area contributed by atoms with Gasteiger partial charge in [-0.2, -0.15) is 0 Å². The predicted molar refractivity (Wildman–Crippen MR) is 91.8 cm³/mol. The van der Waals surface area contributed by atoms with Crippen molar-refractivity contribution in [2.75, 3.05) is 11.1 Å². The third-order valence-corrected chi connectivity index (χ3v) is 3.80. The highest BCUT2D eigenvalue weighted by Crippen LogP contribution is 2.17. The van der Waals surface area contributed by atoms with Crippen molar-refractivity contribution in [3.8, 4) is 5.69 Å². The quantitative estimate of drug-likeness (QED) is 0.729. The number of carbonyl (C=O) groups excluding carboxylic acids is 1. The fraction of sp³-hybridized carbons (Fsp3) is 0.111. The number of nitrogens with one attached hydrogen (secondary N) is 1. The van der Waals surface area contributed by atoms with E-state index in [2.05, 4.69) is 10.3 Å². The molecule has 1 aromatic heterocycles. The van der Waals surface area contributed by atoms with Gasteiger partial charge >= 0.3 is 0 Å². The molecule has 1 heterocycles. The van der Waals surface area contributed by atoms with Gasteiger partial charge < -0.3 is 15.6 Å². The molecule has 1 amide bonds. The highest BCUT2D eigenvalue weighted by molar-refractivity contribution is 6.04. The molecule has 3 aromatic rings. The number of nitrogens with zero attached hydrogens (tertiary/aromatic N) is 2. The number of benzene rings is 2. The highest BCUT2D eigenvalue weighted by atomic mass is 16.1. The normalized spacial score (nSPS) is 10.5. The van der Waals surface area contributed by atoms with Crippen LogP contribution < -0.4 is 11.1 Å². The van der Waals surface area contributed by atoms with Crippen LogP contribution in [0.3, 0.4) is 0 Å². The molecule has 0 unspecified atom stereocenters. The van der Waals surface area contributed by atoms with E-state index < -0.39 is 0 Å². The molecular weight excluding hydrogens is 288 g/mol. The van der Waals surface area contributed by atoms with E-state index >= 15 is 0 Å². The van der Waals surface area contributed by atoms with Gasteiger partial charge in [0.25, 0.3) is 5.91 Å². The Morgan fingerprint density at radius 3 is 2.48 bits per heavy atom. The predicted octanol–water partition coefficient (Wildman–Crippen LogP) is 3.32. The second-order valence-electron chi connectivity index (χ2n) is 5.41. The van der Waals surface area contributed by atoms with Crippen LogP contribution >= 0.6 is 0 Å². The van der Waals surface area contributed by atoms with Crippen molar-refractivity contribution in [1.29, 1.82) is 0 Å². The first-order valence-corrected chi connectivity index (χ1v) is 7.32. The Bertz CT molecular complexity index is 850. The third-order valence-electron chi connectivity index (χ3n) is 3.80. The van der Waals surface area contributed by atoms with E-state index in [0.29, 0.717) is 11.3 Å². The Balaban J connectivity index is 1.78. The first-order chi connectivity index (χ1) is 11.0. The van der Waals surface area contributed by atoms with Gasteiger partial charge in [0, 0.05) is 28.3 Å². The lowest BCUT2D eigenvalue weighted by Crippen LogP contribution is -2.12. The fourth-order valence-electron chi connectivity index (χ4n) is 2.35. The highest BCUT2D eigenvalue weighted by Gasteiger charge is 2.07. The number of anilines is 2. The molecule has 0 atom stereocenters. The Labute approximate surface area is 134 Å². The van der Waals surface area contributed by atoms with E-state index in [-0.39, 0.29) is 5.91 Å². The number of hydrogen-bond acceptors (Lipinski definition) is 3. The summed E-state index contributed by atoms with van der Waals surface area (Å²) >= 11 is 0. The van der Waals surface area contributed by atoms with Gasteiger partial charge in [0.2, 0.25) is 0 Å². The molecule has 5 nitrogen and oxygen atoms in total. The van der Waals surface area contributed by atoms with Gasteiger partial charge in [-0.15, -0.1) is 0 Å². The van der Waals surface area contributed by atoms with E-state index in [4.69, 9.17) is 5.73 Å². The average Bonchev–Trinajstić information content (AvgIpc) is 2.88. The molecule has 0 bridgehead atoms. The lowest BCUT2D eigenvalue weighted by molar-refractivity contribution is 0.102. The van der Waals surface area contributed by atoms with E-state index in [1.54, 1.807) is 30.6 Å². The van der Waals surface area contributed by atoms with Gasteiger partial charge in [0.15, 0.2) is 0 Å². The smallest absolute Gasteiger partial charge is 0.255 e. The van der Waals surface area contributed by atoms with Crippen LogP contribution in [-0.4, -0.2) is 15.5 Å². The van der Waals surface area contributed by atoms with Gasteiger partial charge in [-0.25, -0.2) is 4.98 Å². The first-order valence-electron chi connectivity index (χ1n) is 7.32. The van der Waals surface area contributed by atoms with Crippen LogP contribution in [0.4, 0.5) is 11.4 Å². The summed E-state index contributed by atoms with van der Waals surface area (Å²) in [4.78, 5) is 16.5. The Morgan fingerprint density at radius 2 is 1.87 bits per heavy atom. The molecule has 2 aromatic carbocycles. The van der Waals surface area contributed by atoms with Crippen molar-refractivity contribution >= 4 is 17.3 Å². The third kappa shape index (κ3) is 3.08. The fourth-order valence-corrected chi connectivity index (χ4v) is 2.35. The van der Waals surface area contributed by atoms with Crippen LogP contribution in [0.2, 0.25) is 0 Å². The number of nitrogen functional groups attached to an aromatic ring is 1. The van der Waals surface area contributed by atoms with Crippen molar-refractivity contribution in [3.63, 3.8) is 0 Å². The average molecular weight is 306 g/mol. The van der Waals surface area contributed by atoms with Gasteiger partial charge in [0.05, 0.1) is 12.0 Å². The second kappa shape index (κ2) is 5.96. The number of nitrogens with two attached hydrogens (primary N) is 1. The number of imidazole rings is 1. The van der Waals surface area contributed by atoms with Crippen molar-refractivity contribution in [2.24, 2.45) is 0 Å². The monoisotopic (exact) mass is 306 g/mol. The molecule has 0 spiro atoms. The Kier molecular flexibility index (Phi) is 3.85. The van der Waals surface area contributed by atoms with Gasteiger partial charge in [-0.1, -0.05) is 6.07 Å². The van der Waals surface area contributed by atoms with Gasteiger partial charge in [-0.05, 0) is 56.3 Å². The summed E-state index contributed by atoms with van der Waals surface area (Å²) < 4.78 is 2.01. The maximum Gasteiger partial charge on any atom is 0.255 e. The number of rotatable bonds is 3. The summed E-state index contributed by atoms with van der Waals surface area (Å²) in [6.07, 6.45) is 1.80. The maximum absolute atomic E-state index is 12.2. The van der Waals surface area contributed by atoms with Crippen molar-refractivity contribution in [1.82, 2.24) is 9.55 Å². The number of aryl methyl sites for hydroxylation is 1. The van der Waals surface area contributed by atoms with E-state index in [1.165, 1.54) is 0 Å². The molecule has 3 N–H and O–H groups in total. The zero-order chi connectivity index (χ0) is 16.4. The first kappa shape index (κ1) is 14.8. The van der Waals surface area contributed by atoms with E-state index in [0.717, 1.165) is 22.8 Å².